The zero-order chi connectivity index (χ0) is 10.6. The largest absolute Gasteiger partial charge is 0.334 e. The number of nitrogens with zero attached hydrogens (tertiary/aromatic N) is 3. The van der Waals surface area contributed by atoms with Crippen LogP contribution in [0.2, 0.25) is 0 Å². The van der Waals surface area contributed by atoms with Crippen LogP contribution in [0.4, 0.5) is 4.79 Å². The Morgan fingerprint density at radius 1 is 1.43 bits per heavy atom. The van der Waals surface area contributed by atoms with E-state index in [1.807, 2.05) is 19.0 Å². The van der Waals surface area contributed by atoms with Gasteiger partial charge in [-0.1, -0.05) is 0 Å². The predicted octanol–water partition coefficient (Wildman–Crippen LogP) is -0.0605. The molecule has 2 N–H and O–H groups in total. The molecule has 0 aliphatic carbocycles. The molecule has 0 saturated carbocycles. The molecule has 1 aliphatic rings. The summed E-state index contributed by atoms with van der Waals surface area (Å²) in [4.78, 5) is 15.5. The molecule has 82 valence electrons. The second kappa shape index (κ2) is 5.17. The summed E-state index contributed by atoms with van der Waals surface area (Å²) in [5.41, 5.74) is 0. The van der Waals surface area contributed by atoms with Gasteiger partial charge in [0.05, 0.1) is 0 Å². The third kappa shape index (κ3) is 3.16. The van der Waals surface area contributed by atoms with Crippen molar-refractivity contribution in [1.29, 1.82) is 0 Å². The van der Waals surface area contributed by atoms with Crippen LogP contribution in [0.15, 0.2) is 0 Å². The molecule has 1 aliphatic heterocycles. The average molecular weight is 200 g/mol. The maximum Gasteiger partial charge on any atom is 0.334 e. The Hall–Kier alpha value is -0.810. The molecular formula is C9H20N4O. The number of hydrogen-bond donors (Lipinski definition) is 1. The van der Waals surface area contributed by atoms with Gasteiger partial charge in [-0.3, -0.25) is 5.01 Å². The van der Waals surface area contributed by atoms with E-state index in [0.29, 0.717) is 6.54 Å². The first-order valence-corrected chi connectivity index (χ1v) is 5.07. The molecule has 0 bridgehead atoms. The molecule has 0 spiro atoms. The van der Waals surface area contributed by atoms with Gasteiger partial charge in [-0.25, -0.2) is 10.6 Å². The molecule has 1 saturated heterocycles. The Morgan fingerprint density at radius 3 is 2.79 bits per heavy atom. The lowest BCUT2D eigenvalue weighted by atomic mass is 10.3. The summed E-state index contributed by atoms with van der Waals surface area (Å²) >= 11 is 0. The highest BCUT2D eigenvalue weighted by Gasteiger charge is 2.22. The number of nitrogens with two attached hydrogens (primary N) is 1. The van der Waals surface area contributed by atoms with E-state index in [1.54, 1.807) is 0 Å². The Kier molecular flexibility index (Phi) is 4.16. The summed E-state index contributed by atoms with van der Waals surface area (Å²) in [6.07, 6.45) is 1.98. The van der Waals surface area contributed by atoms with Gasteiger partial charge in [0.15, 0.2) is 0 Å². The summed E-state index contributed by atoms with van der Waals surface area (Å²) in [6, 6.07) is -0.0324. The van der Waals surface area contributed by atoms with E-state index < -0.39 is 0 Å². The van der Waals surface area contributed by atoms with E-state index in [9.17, 15) is 4.79 Å². The molecule has 0 aromatic carbocycles. The van der Waals surface area contributed by atoms with Crippen LogP contribution >= 0.6 is 0 Å². The van der Waals surface area contributed by atoms with E-state index in [1.165, 1.54) is 5.01 Å². The molecule has 0 aromatic rings. The van der Waals surface area contributed by atoms with Crippen molar-refractivity contribution in [2.75, 3.05) is 40.3 Å². The van der Waals surface area contributed by atoms with Crippen LogP contribution in [0.1, 0.15) is 12.8 Å². The van der Waals surface area contributed by atoms with Crippen LogP contribution in [0.5, 0.6) is 0 Å². The third-order valence-electron chi connectivity index (χ3n) is 2.38. The fourth-order valence-electron chi connectivity index (χ4n) is 1.59. The molecule has 2 amide bonds. The maximum atomic E-state index is 11.5. The second-order valence-electron chi connectivity index (χ2n) is 3.97. The van der Waals surface area contributed by atoms with Crippen LogP contribution in [-0.4, -0.2) is 61.1 Å². The Labute approximate surface area is 85.4 Å². The van der Waals surface area contributed by atoms with Gasteiger partial charge in [-0.2, -0.15) is 0 Å². The molecule has 0 aromatic heterocycles. The summed E-state index contributed by atoms with van der Waals surface area (Å²) in [5, 5.41) is 1.30. The molecule has 5 heteroatoms. The number of urea groups is 1. The van der Waals surface area contributed by atoms with Crippen molar-refractivity contribution >= 4 is 6.03 Å². The quantitative estimate of drug-likeness (QED) is 0.511. The molecular weight excluding hydrogens is 180 g/mol. The Balaban J connectivity index is 2.25. The van der Waals surface area contributed by atoms with Crippen molar-refractivity contribution in [3.63, 3.8) is 0 Å². The standard InChI is InChI=1S/C9H20N4O/c1-11(2)5-3-6-12-7-4-8-13(10)9(12)14/h3-8,10H2,1-2H3. The van der Waals surface area contributed by atoms with Gasteiger partial charge in [0.25, 0.3) is 0 Å². The van der Waals surface area contributed by atoms with Gasteiger partial charge < -0.3 is 9.80 Å². The maximum absolute atomic E-state index is 11.5. The van der Waals surface area contributed by atoms with Crippen LogP contribution in [0, 0.1) is 0 Å². The third-order valence-corrected chi connectivity index (χ3v) is 2.38. The lowest BCUT2D eigenvalue weighted by Gasteiger charge is -2.32. The molecule has 1 fully saturated rings. The molecule has 0 atom stereocenters. The van der Waals surface area contributed by atoms with Gasteiger partial charge in [0, 0.05) is 19.6 Å². The Morgan fingerprint density at radius 2 is 2.14 bits per heavy atom. The topological polar surface area (TPSA) is 52.8 Å². The number of carbonyl (C=O) groups is 1. The lowest BCUT2D eigenvalue weighted by molar-refractivity contribution is 0.128. The number of carbonyl (C=O) groups excluding carboxylic acids is 1. The first-order valence-electron chi connectivity index (χ1n) is 5.07. The number of hydrogen-bond acceptors (Lipinski definition) is 3. The van der Waals surface area contributed by atoms with Crippen molar-refractivity contribution in [3.8, 4) is 0 Å². The van der Waals surface area contributed by atoms with Crippen molar-refractivity contribution in [2.45, 2.75) is 12.8 Å². The van der Waals surface area contributed by atoms with E-state index >= 15 is 0 Å². The summed E-state index contributed by atoms with van der Waals surface area (Å²) in [5.74, 6) is 5.53. The van der Waals surface area contributed by atoms with Gasteiger partial charge in [-0.15, -0.1) is 0 Å². The minimum Gasteiger partial charge on any atom is -0.323 e. The van der Waals surface area contributed by atoms with Crippen LogP contribution < -0.4 is 5.84 Å². The number of rotatable bonds is 4. The molecule has 1 rings (SSSR count). The summed E-state index contributed by atoms with van der Waals surface area (Å²) in [6.45, 7) is 3.35. The normalized spacial score (nSPS) is 18.1. The van der Waals surface area contributed by atoms with Gasteiger partial charge in [0.1, 0.15) is 0 Å². The van der Waals surface area contributed by atoms with Crippen molar-refractivity contribution < 1.29 is 4.79 Å². The smallest absolute Gasteiger partial charge is 0.323 e. The highest BCUT2D eigenvalue weighted by molar-refractivity contribution is 5.74. The van der Waals surface area contributed by atoms with E-state index in [-0.39, 0.29) is 6.03 Å². The number of amides is 2. The molecule has 0 radical (unpaired) electrons. The molecule has 5 nitrogen and oxygen atoms in total. The van der Waals surface area contributed by atoms with E-state index in [0.717, 1.165) is 32.5 Å². The minimum absolute atomic E-state index is 0.0324. The zero-order valence-electron chi connectivity index (χ0n) is 9.07. The van der Waals surface area contributed by atoms with Crippen molar-refractivity contribution in [2.24, 2.45) is 5.84 Å². The predicted molar refractivity (Wildman–Crippen MR) is 55.7 cm³/mol. The molecule has 1 heterocycles. The minimum atomic E-state index is -0.0324. The van der Waals surface area contributed by atoms with Gasteiger partial charge in [0.2, 0.25) is 0 Å². The Bertz CT molecular complexity index is 195. The van der Waals surface area contributed by atoms with E-state index in [2.05, 4.69) is 4.90 Å². The van der Waals surface area contributed by atoms with Gasteiger partial charge in [-0.05, 0) is 33.5 Å². The van der Waals surface area contributed by atoms with Crippen molar-refractivity contribution in [3.05, 3.63) is 0 Å². The average Bonchev–Trinajstić information content (AvgIpc) is 2.12. The first-order chi connectivity index (χ1) is 6.61. The van der Waals surface area contributed by atoms with Crippen LogP contribution in [0.3, 0.4) is 0 Å². The van der Waals surface area contributed by atoms with Crippen LogP contribution in [0.25, 0.3) is 0 Å². The van der Waals surface area contributed by atoms with Crippen molar-refractivity contribution in [1.82, 2.24) is 14.8 Å². The fourth-order valence-corrected chi connectivity index (χ4v) is 1.59. The molecule has 0 unspecified atom stereocenters. The lowest BCUT2D eigenvalue weighted by Crippen LogP contribution is -2.52. The summed E-state index contributed by atoms with van der Waals surface area (Å²) < 4.78 is 0. The van der Waals surface area contributed by atoms with Gasteiger partial charge >= 0.3 is 6.03 Å². The SMILES string of the molecule is CN(C)CCCN1CCCN(N)C1=O. The monoisotopic (exact) mass is 200 g/mol. The fraction of sp³-hybridized carbons (Fsp3) is 0.889. The first kappa shape index (κ1) is 11.3. The zero-order valence-corrected chi connectivity index (χ0v) is 9.07. The van der Waals surface area contributed by atoms with Crippen LogP contribution in [-0.2, 0) is 0 Å². The second-order valence-corrected chi connectivity index (χ2v) is 3.97. The summed E-state index contributed by atoms with van der Waals surface area (Å²) in [7, 11) is 4.07. The number of hydrazine groups is 1. The molecule has 14 heavy (non-hydrogen) atoms. The highest BCUT2D eigenvalue weighted by Crippen LogP contribution is 2.05. The van der Waals surface area contributed by atoms with E-state index in [4.69, 9.17) is 5.84 Å². The highest BCUT2D eigenvalue weighted by atomic mass is 16.2.